The molecule has 0 saturated carbocycles. The van der Waals surface area contributed by atoms with E-state index in [2.05, 4.69) is 11.1 Å². The average Bonchev–Trinajstić information content (AvgIpc) is 2.30. The average molecular weight is 216 g/mol. The summed E-state index contributed by atoms with van der Waals surface area (Å²) >= 11 is 0. The fourth-order valence-corrected chi connectivity index (χ4v) is 1.82. The fraction of sp³-hybridized carbons (Fsp3) is 0.308. The zero-order chi connectivity index (χ0) is 11.5. The molecule has 1 heterocycles. The van der Waals surface area contributed by atoms with Crippen molar-refractivity contribution in [3.63, 3.8) is 0 Å². The molecule has 16 heavy (non-hydrogen) atoms. The maximum atomic E-state index is 5.57. The zero-order valence-electron chi connectivity index (χ0n) is 9.66. The summed E-state index contributed by atoms with van der Waals surface area (Å²) in [7, 11) is 1.66. The Morgan fingerprint density at radius 3 is 2.81 bits per heavy atom. The number of hydrogen-bond donors (Lipinski definition) is 1. The zero-order valence-corrected chi connectivity index (χ0v) is 9.66. The first-order valence-corrected chi connectivity index (χ1v) is 5.39. The molecule has 0 radical (unpaired) electrons. The van der Waals surface area contributed by atoms with E-state index in [1.807, 2.05) is 25.1 Å². The fourth-order valence-electron chi connectivity index (χ4n) is 1.82. The van der Waals surface area contributed by atoms with Gasteiger partial charge in [-0.3, -0.25) is 4.98 Å². The van der Waals surface area contributed by atoms with Crippen molar-refractivity contribution < 1.29 is 4.74 Å². The van der Waals surface area contributed by atoms with Gasteiger partial charge >= 0.3 is 0 Å². The summed E-state index contributed by atoms with van der Waals surface area (Å²) in [6, 6.07) is 8.09. The van der Waals surface area contributed by atoms with Crippen molar-refractivity contribution in [2.24, 2.45) is 5.73 Å². The molecule has 0 spiro atoms. The van der Waals surface area contributed by atoms with Gasteiger partial charge in [0.1, 0.15) is 5.75 Å². The van der Waals surface area contributed by atoms with Crippen LogP contribution in [-0.2, 0) is 6.42 Å². The van der Waals surface area contributed by atoms with Gasteiger partial charge in [0.2, 0.25) is 0 Å². The molecule has 0 amide bonds. The molecule has 0 aliphatic rings. The van der Waals surface area contributed by atoms with Crippen molar-refractivity contribution in [1.29, 1.82) is 0 Å². The van der Waals surface area contributed by atoms with Gasteiger partial charge < -0.3 is 10.5 Å². The summed E-state index contributed by atoms with van der Waals surface area (Å²) in [6.45, 7) is 2.67. The van der Waals surface area contributed by atoms with Crippen LogP contribution in [0.1, 0.15) is 11.3 Å². The molecule has 1 aromatic heterocycles. The topological polar surface area (TPSA) is 48.1 Å². The van der Waals surface area contributed by atoms with Crippen LogP contribution >= 0.6 is 0 Å². The minimum absolute atomic E-state index is 0.657. The van der Waals surface area contributed by atoms with E-state index in [4.69, 9.17) is 10.5 Å². The van der Waals surface area contributed by atoms with E-state index in [1.54, 1.807) is 7.11 Å². The number of rotatable bonds is 3. The number of hydrogen-bond acceptors (Lipinski definition) is 3. The maximum Gasteiger partial charge on any atom is 0.121 e. The Morgan fingerprint density at radius 2 is 2.12 bits per heavy atom. The van der Waals surface area contributed by atoms with E-state index in [1.165, 1.54) is 5.56 Å². The van der Waals surface area contributed by atoms with Gasteiger partial charge in [0.05, 0.1) is 12.6 Å². The molecule has 2 N–H and O–H groups in total. The number of ether oxygens (including phenoxy) is 1. The lowest BCUT2D eigenvalue weighted by Crippen LogP contribution is -2.05. The van der Waals surface area contributed by atoms with Gasteiger partial charge in [0.15, 0.2) is 0 Å². The highest BCUT2D eigenvalue weighted by molar-refractivity contribution is 5.81. The van der Waals surface area contributed by atoms with Gasteiger partial charge in [0.25, 0.3) is 0 Å². The minimum atomic E-state index is 0.657. The van der Waals surface area contributed by atoms with Crippen LogP contribution in [0.25, 0.3) is 10.9 Å². The predicted octanol–water partition coefficient (Wildman–Crippen LogP) is 2.05. The summed E-state index contributed by atoms with van der Waals surface area (Å²) in [4.78, 5) is 4.57. The third kappa shape index (κ3) is 1.99. The number of fused-ring (bicyclic) bond motifs is 1. The molecule has 0 saturated heterocycles. The first-order valence-electron chi connectivity index (χ1n) is 5.39. The molecule has 3 heteroatoms. The molecule has 0 aliphatic heterocycles. The van der Waals surface area contributed by atoms with Gasteiger partial charge in [0, 0.05) is 17.1 Å². The Bertz CT molecular complexity index is 509. The quantitative estimate of drug-likeness (QED) is 0.854. The number of nitrogens with zero attached hydrogens (tertiary/aromatic N) is 1. The van der Waals surface area contributed by atoms with Gasteiger partial charge in [-0.25, -0.2) is 0 Å². The highest BCUT2D eigenvalue weighted by atomic mass is 16.5. The number of nitrogens with two attached hydrogens (primary N) is 1. The smallest absolute Gasteiger partial charge is 0.121 e. The molecule has 0 fully saturated rings. The summed E-state index contributed by atoms with van der Waals surface area (Å²) < 4.78 is 5.18. The highest BCUT2D eigenvalue weighted by Gasteiger charge is 2.03. The monoisotopic (exact) mass is 216 g/mol. The van der Waals surface area contributed by atoms with Crippen LogP contribution in [0.15, 0.2) is 24.3 Å². The van der Waals surface area contributed by atoms with Crippen LogP contribution in [0, 0.1) is 6.92 Å². The van der Waals surface area contributed by atoms with Crippen molar-refractivity contribution in [2.45, 2.75) is 13.3 Å². The van der Waals surface area contributed by atoms with Gasteiger partial charge in [-0.1, -0.05) is 0 Å². The first kappa shape index (κ1) is 10.9. The lowest BCUT2D eigenvalue weighted by Gasteiger charge is -2.07. The van der Waals surface area contributed by atoms with Gasteiger partial charge in [-0.05, 0) is 43.7 Å². The van der Waals surface area contributed by atoms with Crippen molar-refractivity contribution >= 4 is 10.9 Å². The van der Waals surface area contributed by atoms with Crippen molar-refractivity contribution in [3.8, 4) is 5.75 Å². The number of methoxy groups -OCH3 is 1. The lowest BCUT2D eigenvalue weighted by atomic mass is 10.1. The third-order valence-electron chi connectivity index (χ3n) is 2.73. The molecular formula is C13H16N2O. The van der Waals surface area contributed by atoms with E-state index in [0.29, 0.717) is 6.54 Å². The molecule has 1 aromatic carbocycles. The second kappa shape index (κ2) is 4.49. The normalized spacial score (nSPS) is 10.7. The molecule has 2 aromatic rings. The minimum Gasteiger partial charge on any atom is -0.497 e. The SMILES string of the molecule is COc1ccc2cc(CCN)c(C)nc2c1. The molecule has 84 valence electrons. The van der Waals surface area contributed by atoms with Crippen LogP contribution < -0.4 is 10.5 Å². The molecular weight excluding hydrogens is 200 g/mol. The van der Waals surface area contributed by atoms with E-state index < -0.39 is 0 Å². The van der Waals surface area contributed by atoms with E-state index >= 15 is 0 Å². The number of aromatic nitrogens is 1. The second-order valence-corrected chi connectivity index (χ2v) is 3.83. The largest absolute Gasteiger partial charge is 0.497 e. The lowest BCUT2D eigenvalue weighted by molar-refractivity contribution is 0.415. The number of aryl methyl sites for hydroxylation is 1. The maximum absolute atomic E-state index is 5.57. The Labute approximate surface area is 95.2 Å². The summed E-state index contributed by atoms with van der Waals surface area (Å²) in [5.74, 6) is 0.839. The van der Waals surface area contributed by atoms with Crippen LogP contribution in [0.5, 0.6) is 5.75 Å². The molecule has 0 unspecified atom stereocenters. The summed E-state index contributed by atoms with van der Waals surface area (Å²) in [6.07, 6.45) is 0.876. The predicted molar refractivity (Wildman–Crippen MR) is 65.8 cm³/mol. The van der Waals surface area contributed by atoms with Crippen LogP contribution in [0.2, 0.25) is 0 Å². The summed E-state index contributed by atoms with van der Waals surface area (Å²) in [5, 5.41) is 1.13. The third-order valence-corrected chi connectivity index (χ3v) is 2.73. The molecule has 0 bridgehead atoms. The van der Waals surface area contributed by atoms with Crippen LogP contribution in [-0.4, -0.2) is 18.6 Å². The van der Waals surface area contributed by atoms with Gasteiger partial charge in [-0.2, -0.15) is 0 Å². The van der Waals surface area contributed by atoms with Crippen molar-refractivity contribution in [3.05, 3.63) is 35.5 Å². The molecule has 2 rings (SSSR count). The Kier molecular flexibility index (Phi) is 3.06. The first-order chi connectivity index (χ1) is 7.74. The number of benzene rings is 1. The number of pyridine rings is 1. The van der Waals surface area contributed by atoms with Crippen molar-refractivity contribution in [2.75, 3.05) is 13.7 Å². The Balaban J connectivity index is 2.55. The standard InChI is InChI=1S/C13H16N2O/c1-9-10(5-6-14)7-11-3-4-12(16-2)8-13(11)15-9/h3-4,7-8H,5-6,14H2,1-2H3. The van der Waals surface area contributed by atoms with E-state index in [0.717, 1.165) is 28.8 Å². The molecule has 3 nitrogen and oxygen atoms in total. The highest BCUT2D eigenvalue weighted by Crippen LogP contribution is 2.21. The molecule has 0 aliphatic carbocycles. The van der Waals surface area contributed by atoms with E-state index in [-0.39, 0.29) is 0 Å². The Morgan fingerprint density at radius 1 is 1.31 bits per heavy atom. The van der Waals surface area contributed by atoms with E-state index in [9.17, 15) is 0 Å². The van der Waals surface area contributed by atoms with Crippen LogP contribution in [0.3, 0.4) is 0 Å². The Hall–Kier alpha value is -1.61. The second-order valence-electron chi connectivity index (χ2n) is 3.83. The molecule has 0 atom stereocenters. The van der Waals surface area contributed by atoms with Gasteiger partial charge in [-0.15, -0.1) is 0 Å². The van der Waals surface area contributed by atoms with Crippen molar-refractivity contribution in [1.82, 2.24) is 4.98 Å². The summed E-state index contributed by atoms with van der Waals surface area (Å²) in [5.41, 5.74) is 8.81. The van der Waals surface area contributed by atoms with Crippen LogP contribution in [0.4, 0.5) is 0 Å².